The number of rotatable bonds is 1. The summed E-state index contributed by atoms with van der Waals surface area (Å²) >= 11 is 0. The van der Waals surface area contributed by atoms with E-state index in [9.17, 15) is 5.11 Å². The van der Waals surface area contributed by atoms with Crippen LogP contribution in [-0.4, -0.2) is 17.8 Å². The van der Waals surface area contributed by atoms with Crippen LogP contribution in [0.2, 0.25) is 0 Å². The lowest BCUT2D eigenvalue weighted by Gasteiger charge is -2.21. The van der Waals surface area contributed by atoms with Crippen molar-refractivity contribution in [1.82, 2.24) is 5.32 Å². The molecular formula is C14H21NO. The molecule has 88 valence electrons. The third-order valence-corrected chi connectivity index (χ3v) is 3.32. The van der Waals surface area contributed by atoms with Crippen molar-refractivity contribution >= 4 is 0 Å². The van der Waals surface area contributed by atoms with Crippen molar-refractivity contribution in [2.24, 2.45) is 0 Å². The highest BCUT2D eigenvalue weighted by Crippen LogP contribution is 2.27. The Bertz CT molecular complexity index is 350. The van der Waals surface area contributed by atoms with E-state index in [1.165, 1.54) is 11.1 Å². The van der Waals surface area contributed by atoms with Crippen molar-refractivity contribution in [2.45, 2.75) is 44.8 Å². The van der Waals surface area contributed by atoms with E-state index in [-0.39, 0.29) is 17.6 Å². The summed E-state index contributed by atoms with van der Waals surface area (Å²) in [6.45, 7) is 7.55. The van der Waals surface area contributed by atoms with E-state index in [1.807, 2.05) is 0 Å². The van der Waals surface area contributed by atoms with Crippen molar-refractivity contribution < 1.29 is 5.11 Å². The molecule has 0 radical (unpaired) electrons. The average Bonchev–Trinajstić information content (AvgIpc) is 2.63. The van der Waals surface area contributed by atoms with Gasteiger partial charge in [-0.1, -0.05) is 45.0 Å². The lowest BCUT2D eigenvalue weighted by molar-refractivity contribution is 0.160. The lowest BCUT2D eigenvalue weighted by Crippen LogP contribution is -2.21. The van der Waals surface area contributed by atoms with Crippen LogP contribution in [0.4, 0.5) is 0 Å². The molecule has 2 atom stereocenters. The van der Waals surface area contributed by atoms with E-state index < -0.39 is 0 Å². The summed E-state index contributed by atoms with van der Waals surface area (Å²) in [7, 11) is 0. The molecule has 2 N–H and O–H groups in total. The zero-order chi connectivity index (χ0) is 11.8. The summed E-state index contributed by atoms with van der Waals surface area (Å²) in [5.41, 5.74) is 2.72. The van der Waals surface area contributed by atoms with Crippen LogP contribution in [0, 0.1) is 0 Å². The highest BCUT2D eigenvalue weighted by atomic mass is 16.3. The van der Waals surface area contributed by atoms with E-state index in [2.05, 4.69) is 50.4 Å². The van der Waals surface area contributed by atoms with E-state index >= 15 is 0 Å². The average molecular weight is 219 g/mol. The molecule has 1 aliphatic heterocycles. The summed E-state index contributed by atoms with van der Waals surface area (Å²) in [5, 5.41) is 13.1. The van der Waals surface area contributed by atoms with Gasteiger partial charge in [0.15, 0.2) is 0 Å². The van der Waals surface area contributed by atoms with Gasteiger partial charge in [-0.15, -0.1) is 0 Å². The zero-order valence-corrected chi connectivity index (χ0v) is 10.3. The predicted molar refractivity (Wildman–Crippen MR) is 66.5 cm³/mol. The van der Waals surface area contributed by atoms with Crippen LogP contribution in [0.25, 0.3) is 0 Å². The van der Waals surface area contributed by atoms with Gasteiger partial charge in [0.2, 0.25) is 0 Å². The van der Waals surface area contributed by atoms with E-state index in [0.29, 0.717) is 0 Å². The van der Waals surface area contributed by atoms with Gasteiger partial charge in [0.25, 0.3) is 0 Å². The molecule has 2 nitrogen and oxygen atoms in total. The molecule has 1 aromatic carbocycles. The monoisotopic (exact) mass is 219 g/mol. The maximum absolute atomic E-state index is 9.81. The van der Waals surface area contributed by atoms with E-state index in [4.69, 9.17) is 0 Å². The lowest BCUT2D eigenvalue weighted by atomic mass is 9.86. The number of hydrogen-bond donors (Lipinski definition) is 2. The summed E-state index contributed by atoms with van der Waals surface area (Å²) < 4.78 is 0. The molecule has 16 heavy (non-hydrogen) atoms. The highest BCUT2D eigenvalue weighted by Gasteiger charge is 2.26. The first-order valence-corrected chi connectivity index (χ1v) is 6.00. The molecule has 0 saturated carbocycles. The minimum Gasteiger partial charge on any atom is -0.391 e. The number of aliphatic hydroxyl groups is 1. The van der Waals surface area contributed by atoms with Crippen molar-refractivity contribution in [2.75, 3.05) is 6.54 Å². The van der Waals surface area contributed by atoms with Crippen molar-refractivity contribution in [1.29, 1.82) is 0 Å². The van der Waals surface area contributed by atoms with Gasteiger partial charge in [-0.3, -0.25) is 0 Å². The molecule has 0 bridgehead atoms. The molecule has 1 fully saturated rings. The summed E-state index contributed by atoms with van der Waals surface area (Å²) in [6, 6.07) is 8.72. The predicted octanol–water partition coefficient (Wildman–Crippen LogP) is 2.38. The van der Waals surface area contributed by atoms with Crippen molar-refractivity contribution in [3.8, 4) is 0 Å². The SMILES string of the molecule is CC(C)(C)c1ccc(C2NCCC2O)cc1. The van der Waals surface area contributed by atoms with Crippen molar-refractivity contribution in [3.05, 3.63) is 35.4 Å². The molecule has 0 amide bonds. The third kappa shape index (κ3) is 2.28. The Morgan fingerprint density at radius 2 is 1.81 bits per heavy atom. The largest absolute Gasteiger partial charge is 0.391 e. The molecule has 2 unspecified atom stereocenters. The van der Waals surface area contributed by atoms with Crippen LogP contribution < -0.4 is 5.32 Å². The molecule has 1 heterocycles. The fourth-order valence-corrected chi connectivity index (χ4v) is 2.22. The summed E-state index contributed by atoms with van der Waals surface area (Å²) in [4.78, 5) is 0. The van der Waals surface area contributed by atoms with Crippen LogP contribution in [-0.2, 0) is 5.41 Å². The van der Waals surface area contributed by atoms with Crippen LogP contribution >= 0.6 is 0 Å². The van der Waals surface area contributed by atoms with Gasteiger partial charge in [0.05, 0.1) is 12.1 Å². The van der Waals surface area contributed by atoms with Gasteiger partial charge in [-0.05, 0) is 29.5 Å². The molecule has 0 aromatic heterocycles. The van der Waals surface area contributed by atoms with Gasteiger partial charge in [0.1, 0.15) is 0 Å². The molecule has 0 spiro atoms. The Morgan fingerprint density at radius 1 is 1.19 bits per heavy atom. The quantitative estimate of drug-likeness (QED) is 0.760. The minimum absolute atomic E-state index is 0.119. The van der Waals surface area contributed by atoms with Gasteiger partial charge in [-0.25, -0.2) is 0 Å². The van der Waals surface area contributed by atoms with Crippen molar-refractivity contribution in [3.63, 3.8) is 0 Å². The minimum atomic E-state index is -0.236. The van der Waals surface area contributed by atoms with Gasteiger partial charge in [0, 0.05) is 0 Å². The molecule has 2 heteroatoms. The Kier molecular flexibility index (Phi) is 3.04. The number of hydrogen-bond acceptors (Lipinski definition) is 2. The molecule has 1 aromatic rings. The smallest absolute Gasteiger partial charge is 0.0747 e. The molecular weight excluding hydrogens is 198 g/mol. The first-order chi connectivity index (χ1) is 7.48. The standard InChI is InChI=1S/C14H21NO/c1-14(2,3)11-6-4-10(5-7-11)13-12(16)8-9-15-13/h4-7,12-13,15-16H,8-9H2,1-3H3. The topological polar surface area (TPSA) is 32.3 Å². The molecule has 1 saturated heterocycles. The van der Waals surface area contributed by atoms with Gasteiger partial charge in [-0.2, -0.15) is 0 Å². The second-order valence-electron chi connectivity index (χ2n) is 5.66. The first kappa shape index (κ1) is 11.6. The molecule has 1 aliphatic rings. The van der Waals surface area contributed by atoms with E-state index in [1.54, 1.807) is 0 Å². The number of nitrogens with one attached hydrogen (secondary N) is 1. The van der Waals surface area contributed by atoms with E-state index in [0.717, 1.165) is 13.0 Å². The number of benzene rings is 1. The first-order valence-electron chi connectivity index (χ1n) is 6.00. The van der Waals surface area contributed by atoms with Crippen LogP contribution in [0.15, 0.2) is 24.3 Å². The Hall–Kier alpha value is -0.860. The summed E-state index contributed by atoms with van der Waals surface area (Å²) in [5.74, 6) is 0. The fourth-order valence-electron chi connectivity index (χ4n) is 2.22. The second kappa shape index (κ2) is 4.19. The number of aliphatic hydroxyl groups excluding tert-OH is 1. The fraction of sp³-hybridized carbons (Fsp3) is 0.571. The van der Waals surface area contributed by atoms with Crippen LogP contribution in [0.5, 0.6) is 0 Å². The van der Waals surface area contributed by atoms with Crippen LogP contribution in [0.1, 0.15) is 44.4 Å². The summed E-state index contributed by atoms with van der Waals surface area (Å²) in [6.07, 6.45) is 0.617. The normalized spacial score (nSPS) is 26.0. The Labute approximate surface area is 97.7 Å². The highest BCUT2D eigenvalue weighted by molar-refractivity contribution is 5.30. The third-order valence-electron chi connectivity index (χ3n) is 3.32. The molecule has 0 aliphatic carbocycles. The zero-order valence-electron chi connectivity index (χ0n) is 10.3. The van der Waals surface area contributed by atoms with Crippen LogP contribution in [0.3, 0.4) is 0 Å². The second-order valence-corrected chi connectivity index (χ2v) is 5.66. The molecule has 2 rings (SSSR count). The maximum Gasteiger partial charge on any atom is 0.0747 e. The maximum atomic E-state index is 9.81. The van der Waals surface area contributed by atoms with Gasteiger partial charge >= 0.3 is 0 Å². The Morgan fingerprint density at radius 3 is 2.25 bits per heavy atom. The van der Waals surface area contributed by atoms with Gasteiger partial charge < -0.3 is 10.4 Å². The Balaban J connectivity index is 2.19.